The first kappa shape index (κ1) is 10.4. The minimum atomic E-state index is 0.262. The van der Waals surface area contributed by atoms with Crippen LogP contribution >= 0.6 is 22.4 Å². The van der Waals surface area contributed by atoms with Gasteiger partial charge in [-0.3, -0.25) is 0 Å². The molecule has 12 heavy (non-hydrogen) atoms. The molecule has 2 atom stereocenters. The molecule has 0 unspecified atom stereocenters. The second-order valence-electron chi connectivity index (χ2n) is 3.23. The molecular formula is C8H14BINO. The lowest BCUT2D eigenvalue weighted by atomic mass is 9.96. The van der Waals surface area contributed by atoms with Gasteiger partial charge in [0.2, 0.25) is 5.14 Å². The highest BCUT2D eigenvalue weighted by Gasteiger charge is 2.24. The Morgan fingerprint density at radius 3 is 2.92 bits per heavy atom. The first-order valence-electron chi connectivity index (χ1n) is 4.12. The predicted octanol–water partition coefficient (Wildman–Crippen LogP) is 1.62. The van der Waals surface area contributed by atoms with Crippen LogP contribution < -0.4 is 0 Å². The molecule has 1 aliphatic rings. The fourth-order valence-electron chi connectivity index (χ4n) is 1.39. The summed E-state index contributed by atoms with van der Waals surface area (Å²) in [5, 5.41) is 2.07. The van der Waals surface area contributed by atoms with E-state index in [1.807, 2.05) is 6.92 Å². The van der Waals surface area contributed by atoms with Crippen molar-refractivity contribution in [2.75, 3.05) is 13.2 Å². The molecule has 1 rings (SSSR count). The molecule has 1 saturated heterocycles. The molecule has 0 bridgehead atoms. The van der Waals surface area contributed by atoms with Crippen molar-refractivity contribution in [3.05, 3.63) is 12.3 Å². The lowest BCUT2D eigenvalue weighted by Crippen LogP contribution is -2.48. The number of nitrogens with zero attached hydrogens (tertiary/aromatic N) is 1. The van der Waals surface area contributed by atoms with Gasteiger partial charge >= 0.3 is 0 Å². The van der Waals surface area contributed by atoms with E-state index in [0.717, 1.165) is 18.8 Å². The third kappa shape index (κ3) is 2.39. The highest BCUT2D eigenvalue weighted by molar-refractivity contribution is 14.1. The van der Waals surface area contributed by atoms with E-state index in [2.05, 4.69) is 45.9 Å². The van der Waals surface area contributed by atoms with Crippen molar-refractivity contribution in [3.63, 3.8) is 0 Å². The van der Waals surface area contributed by atoms with Gasteiger partial charge in [0.25, 0.3) is 0 Å². The number of allylic oxidation sites excluding steroid dienone is 1. The van der Waals surface area contributed by atoms with Crippen molar-refractivity contribution in [2.45, 2.75) is 25.9 Å². The van der Waals surface area contributed by atoms with Crippen molar-refractivity contribution < 1.29 is 4.74 Å². The van der Waals surface area contributed by atoms with Gasteiger partial charge in [-0.1, -0.05) is 6.58 Å². The summed E-state index contributed by atoms with van der Waals surface area (Å²) >= 11 is 2.24. The highest BCUT2D eigenvalue weighted by Crippen LogP contribution is 2.16. The van der Waals surface area contributed by atoms with Gasteiger partial charge in [-0.25, -0.2) is 0 Å². The standard InChI is InChI=1S/C8H14BINO/c1-6(2)11-4-8(9-10)12-5-7(11)3/h7-8H,1,4-5H2,2-3H3/t7-,8+/m1/s1. The lowest BCUT2D eigenvalue weighted by Gasteiger charge is -2.39. The maximum atomic E-state index is 5.57. The summed E-state index contributed by atoms with van der Waals surface area (Å²) in [6.07, 6.45) is 0. The molecule has 0 N–H and O–H groups in total. The van der Waals surface area contributed by atoms with Crippen LogP contribution in [0.5, 0.6) is 0 Å². The van der Waals surface area contributed by atoms with Gasteiger partial charge in [-0.15, -0.1) is 0 Å². The second-order valence-corrected chi connectivity index (χ2v) is 3.95. The molecule has 4 heteroatoms. The molecule has 1 heterocycles. The molecule has 1 radical (unpaired) electrons. The van der Waals surface area contributed by atoms with E-state index in [9.17, 15) is 0 Å². The van der Waals surface area contributed by atoms with Crippen LogP contribution in [-0.4, -0.2) is 35.2 Å². The Morgan fingerprint density at radius 1 is 1.75 bits per heavy atom. The molecule has 0 amide bonds. The zero-order chi connectivity index (χ0) is 9.14. The number of morpholine rings is 1. The minimum absolute atomic E-state index is 0.262. The first-order chi connectivity index (χ1) is 5.65. The van der Waals surface area contributed by atoms with Crippen molar-refractivity contribution >= 4 is 27.5 Å². The van der Waals surface area contributed by atoms with Crippen LogP contribution in [0.2, 0.25) is 0 Å². The molecule has 0 saturated carbocycles. The summed E-state index contributed by atoms with van der Waals surface area (Å²) in [5.74, 6) is 0. The monoisotopic (exact) mass is 278 g/mol. The van der Waals surface area contributed by atoms with Crippen LogP contribution in [0.1, 0.15) is 13.8 Å². The SMILES string of the molecule is C=C(C)N1C[C@@H]([B]I)OC[C@H]1C. The number of ether oxygens (including phenoxy) is 1. The van der Waals surface area contributed by atoms with E-state index in [1.165, 1.54) is 0 Å². The van der Waals surface area contributed by atoms with Crippen molar-refractivity contribution in [1.29, 1.82) is 0 Å². The zero-order valence-electron chi connectivity index (χ0n) is 7.59. The molecule has 67 valence electrons. The van der Waals surface area contributed by atoms with E-state index < -0.39 is 0 Å². The fourth-order valence-corrected chi connectivity index (χ4v) is 1.82. The zero-order valence-corrected chi connectivity index (χ0v) is 9.74. The molecule has 0 aromatic rings. The van der Waals surface area contributed by atoms with E-state index in [0.29, 0.717) is 6.04 Å². The van der Waals surface area contributed by atoms with E-state index >= 15 is 0 Å². The van der Waals surface area contributed by atoms with E-state index in [-0.39, 0.29) is 6.00 Å². The molecule has 2 nitrogen and oxygen atoms in total. The maximum Gasteiger partial charge on any atom is 0.238 e. The Labute approximate surface area is 88.5 Å². The van der Waals surface area contributed by atoms with Gasteiger partial charge in [0, 0.05) is 18.3 Å². The Hall–Kier alpha value is 0.295. The molecule has 1 aliphatic heterocycles. The Bertz CT molecular complexity index is 176. The van der Waals surface area contributed by atoms with Gasteiger partial charge in [0.05, 0.1) is 12.6 Å². The van der Waals surface area contributed by atoms with Crippen LogP contribution in [0.15, 0.2) is 12.3 Å². The minimum Gasteiger partial charge on any atom is -0.382 e. The van der Waals surface area contributed by atoms with Crippen LogP contribution in [0.3, 0.4) is 0 Å². The third-order valence-corrected chi connectivity index (χ3v) is 2.89. The van der Waals surface area contributed by atoms with E-state index in [1.54, 1.807) is 0 Å². The van der Waals surface area contributed by atoms with Crippen molar-refractivity contribution in [2.24, 2.45) is 0 Å². The smallest absolute Gasteiger partial charge is 0.238 e. The van der Waals surface area contributed by atoms with Crippen molar-refractivity contribution in [3.8, 4) is 0 Å². The van der Waals surface area contributed by atoms with Crippen LogP contribution in [0.25, 0.3) is 0 Å². The van der Waals surface area contributed by atoms with Crippen molar-refractivity contribution in [1.82, 2.24) is 4.90 Å². The van der Waals surface area contributed by atoms with E-state index in [4.69, 9.17) is 4.74 Å². The number of hydrogen-bond acceptors (Lipinski definition) is 2. The Balaban J connectivity index is 2.53. The average Bonchev–Trinajstić information content (AvgIpc) is 2.05. The van der Waals surface area contributed by atoms with Crippen LogP contribution in [0.4, 0.5) is 0 Å². The quantitative estimate of drug-likeness (QED) is 0.562. The number of hydrogen-bond donors (Lipinski definition) is 0. The van der Waals surface area contributed by atoms with Crippen LogP contribution in [-0.2, 0) is 4.74 Å². The average molecular weight is 278 g/mol. The third-order valence-electron chi connectivity index (χ3n) is 2.09. The lowest BCUT2D eigenvalue weighted by molar-refractivity contribution is -0.00563. The normalized spacial score (nSPS) is 30.1. The second kappa shape index (κ2) is 4.51. The number of rotatable bonds is 2. The molecule has 1 fully saturated rings. The Morgan fingerprint density at radius 2 is 2.42 bits per heavy atom. The molecule has 0 aromatic carbocycles. The largest absolute Gasteiger partial charge is 0.382 e. The summed E-state index contributed by atoms with van der Waals surface area (Å²) in [6, 6.07) is 0.730. The summed E-state index contributed by atoms with van der Waals surface area (Å²) < 4.78 is 5.57. The molecule has 0 aliphatic carbocycles. The molecule has 0 aromatic heterocycles. The summed E-state index contributed by atoms with van der Waals surface area (Å²) in [7, 11) is 0. The maximum absolute atomic E-state index is 5.57. The number of halogens is 1. The first-order valence-corrected chi connectivity index (χ1v) is 5.37. The summed E-state index contributed by atoms with van der Waals surface area (Å²) in [4.78, 5) is 2.29. The van der Waals surface area contributed by atoms with Gasteiger partial charge < -0.3 is 9.64 Å². The van der Waals surface area contributed by atoms with Gasteiger partial charge in [0.1, 0.15) is 0 Å². The van der Waals surface area contributed by atoms with Gasteiger partial charge in [-0.05, 0) is 13.8 Å². The van der Waals surface area contributed by atoms with Crippen LogP contribution in [0, 0.1) is 0 Å². The summed E-state index contributed by atoms with van der Waals surface area (Å²) in [6.45, 7) is 9.91. The topological polar surface area (TPSA) is 12.5 Å². The Kier molecular flexibility index (Phi) is 3.90. The fraction of sp³-hybridized carbons (Fsp3) is 0.750. The molecule has 0 spiro atoms. The highest BCUT2D eigenvalue weighted by atomic mass is 127. The van der Waals surface area contributed by atoms with Gasteiger partial charge in [0.15, 0.2) is 0 Å². The van der Waals surface area contributed by atoms with Gasteiger partial charge in [-0.2, -0.15) is 22.4 Å². The molecular weight excluding hydrogens is 264 g/mol. The summed E-state index contributed by atoms with van der Waals surface area (Å²) in [5.41, 5.74) is 1.13. The predicted molar refractivity (Wildman–Crippen MR) is 60.5 cm³/mol.